The van der Waals surface area contributed by atoms with E-state index in [2.05, 4.69) is 5.32 Å². The number of thioether (sulfide) groups is 1. The molecule has 1 aliphatic rings. The molecule has 1 rings (SSSR count). The van der Waals surface area contributed by atoms with Gasteiger partial charge < -0.3 is 14.8 Å². The molecule has 1 heterocycles. The van der Waals surface area contributed by atoms with E-state index in [1.54, 1.807) is 13.8 Å². The molecule has 1 N–H and O–H groups in total. The molecule has 0 aromatic carbocycles. The molecule has 1 atom stereocenters. The topological polar surface area (TPSA) is 81.7 Å². The van der Waals surface area contributed by atoms with Gasteiger partial charge in [0.25, 0.3) is 5.24 Å². The van der Waals surface area contributed by atoms with E-state index in [1.807, 2.05) is 6.92 Å². The van der Waals surface area contributed by atoms with Crippen molar-refractivity contribution >= 4 is 28.9 Å². The van der Waals surface area contributed by atoms with Crippen molar-refractivity contribution in [2.45, 2.75) is 33.2 Å². The summed E-state index contributed by atoms with van der Waals surface area (Å²) in [6, 6.07) is -0.597. The molecule has 0 bridgehead atoms. The van der Waals surface area contributed by atoms with Gasteiger partial charge in [0.15, 0.2) is 0 Å². The van der Waals surface area contributed by atoms with Crippen molar-refractivity contribution in [3.63, 3.8) is 0 Å². The zero-order valence-corrected chi connectivity index (χ0v) is 12.2. The summed E-state index contributed by atoms with van der Waals surface area (Å²) in [6.07, 6.45) is 0.678. The molecule has 1 saturated heterocycles. The van der Waals surface area contributed by atoms with Gasteiger partial charge in [-0.15, -0.1) is 0 Å². The fourth-order valence-electron chi connectivity index (χ4n) is 1.23. The van der Waals surface area contributed by atoms with Gasteiger partial charge in [-0.05, 0) is 20.3 Å². The minimum Gasteiger partial charge on any atom is -0.462 e. The Bertz CT molecular complexity index is 369. The van der Waals surface area contributed by atoms with Gasteiger partial charge in [0.2, 0.25) is 0 Å². The minimum atomic E-state index is -0.597. The molecular formula is C12H19NO5S. The molecule has 1 fully saturated rings. The molecule has 0 aromatic rings. The molecule has 6 nitrogen and oxygen atoms in total. The van der Waals surface area contributed by atoms with E-state index >= 15 is 0 Å². The Hall–Kier alpha value is -1.24. The molecule has 0 aromatic heterocycles. The first-order chi connectivity index (χ1) is 8.86. The number of carbonyl (C=O) groups is 3. The maximum atomic E-state index is 11.6. The Labute approximate surface area is 116 Å². The second-order valence-electron chi connectivity index (χ2n) is 4.84. The smallest absolute Gasteiger partial charge is 0.329 e. The molecule has 0 aliphatic carbocycles. The van der Waals surface area contributed by atoms with Gasteiger partial charge in [0.05, 0.1) is 5.41 Å². The van der Waals surface area contributed by atoms with Gasteiger partial charge >= 0.3 is 11.9 Å². The number of amides is 1. The first-order valence-corrected chi connectivity index (χ1v) is 7.12. The van der Waals surface area contributed by atoms with Crippen molar-refractivity contribution in [2.24, 2.45) is 5.41 Å². The SMILES string of the molecule is CCC(C)(C)C(=O)OCCOC(=O)C1CSC(=O)N1. The summed E-state index contributed by atoms with van der Waals surface area (Å²) < 4.78 is 9.95. The Morgan fingerprint density at radius 1 is 1.37 bits per heavy atom. The Morgan fingerprint density at radius 3 is 2.53 bits per heavy atom. The van der Waals surface area contributed by atoms with Crippen LogP contribution in [-0.2, 0) is 19.1 Å². The number of carbonyl (C=O) groups excluding carboxylic acids is 3. The predicted octanol–water partition coefficient (Wildman–Crippen LogP) is 1.33. The summed E-state index contributed by atoms with van der Waals surface area (Å²) in [7, 11) is 0. The lowest BCUT2D eigenvalue weighted by Crippen LogP contribution is -2.36. The highest BCUT2D eigenvalue weighted by molar-refractivity contribution is 8.14. The number of esters is 2. The van der Waals surface area contributed by atoms with Crippen LogP contribution in [0.15, 0.2) is 0 Å². The number of ether oxygens (including phenoxy) is 2. The first-order valence-electron chi connectivity index (χ1n) is 6.14. The quantitative estimate of drug-likeness (QED) is 0.587. The standard InChI is InChI=1S/C12H19NO5S/c1-4-12(2,3)10(15)18-6-5-17-9(14)8-7-19-11(16)13-8/h8H,4-7H2,1-3H3,(H,13,16). The van der Waals surface area contributed by atoms with E-state index in [-0.39, 0.29) is 24.4 Å². The molecule has 0 radical (unpaired) electrons. The molecule has 1 unspecified atom stereocenters. The van der Waals surface area contributed by atoms with Crippen LogP contribution < -0.4 is 5.32 Å². The number of hydrogen-bond acceptors (Lipinski definition) is 6. The largest absolute Gasteiger partial charge is 0.462 e. The van der Waals surface area contributed by atoms with E-state index in [9.17, 15) is 14.4 Å². The van der Waals surface area contributed by atoms with Crippen molar-refractivity contribution in [1.29, 1.82) is 0 Å². The average Bonchev–Trinajstić information content (AvgIpc) is 2.80. The van der Waals surface area contributed by atoms with Crippen LogP contribution in [0, 0.1) is 5.41 Å². The highest BCUT2D eigenvalue weighted by atomic mass is 32.2. The third-order valence-corrected chi connectivity index (χ3v) is 3.84. The second-order valence-corrected chi connectivity index (χ2v) is 5.83. The molecule has 1 aliphatic heterocycles. The molecular weight excluding hydrogens is 270 g/mol. The van der Waals surface area contributed by atoms with Crippen LogP contribution in [0.25, 0.3) is 0 Å². The number of nitrogens with one attached hydrogen (secondary N) is 1. The van der Waals surface area contributed by atoms with Gasteiger partial charge in [0.1, 0.15) is 19.3 Å². The van der Waals surface area contributed by atoms with E-state index in [0.29, 0.717) is 12.2 Å². The molecule has 0 spiro atoms. The molecule has 108 valence electrons. The molecule has 19 heavy (non-hydrogen) atoms. The fourth-order valence-corrected chi connectivity index (χ4v) is 1.99. The Balaban J connectivity index is 2.19. The van der Waals surface area contributed by atoms with Crippen LogP contribution >= 0.6 is 11.8 Å². The summed E-state index contributed by atoms with van der Waals surface area (Å²) in [5.41, 5.74) is -0.528. The monoisotopic (exact) mass is 289 g/mol. The van der Waals surface area contributed by atoms with Crippen LogP contribution in [0.4, 0.5) is 4.79 Å². The predicted molar refractivity (Wildman–Crippen MR) is 70.8 cm³/mol. The third kappa shape index (κ3) is 4.74. The van der Waals surface area contributed by atoms with E-state index in [1.165, 1.54) is 0 Å². The van der Waals surface area contributed by atoms with Crippen molar-refractivity contribution in [3.05, 3.63) is 0 Å². The highest BCUT2D eigenvalue weighted by Gasteiger charge is 2.30. The maximum absolute atomic E-state index is 11.6. The average molecular weight is 289 g/mol. The Kier molecular flexibility index (Phi) is 5.65. The Morgan fingerprint density at radius 2 is 2.00 bits per heavy atom. The summed E-state index contributed by atoms with van der Waals surface area (Å²) in [5.74, 6) is -0.430. The minimum absolute atomic E-state index is 0.00139. The van der Waals surface area contributed by atoms with Gasteiger partial charge in [-0.1, -0.05) is 18.7 Å². The normalized spacial score (nSPS) is 18.9. The van der Waals surface area contributed by atoms with Crippen molar-refractivity contribution in [3.8, 4) is 0 Å². The van der Waals surface area contributed by atoms with Crippen molar-refractivity contribution in [2.75, 3.05) is 19.0 Å². The zero-order chi connectivity index (χ0) is 14.5. The van der Waals surface area contributed by atoms with Gasteiger partial charge in [-0.2, -0.15) is 0 Å². The van der Waals surface area contributed by atoms with Crippen LogP contribution in [-0.4, -0.2) is 42.2 Å². The fraction of sp³-hybridized carbons (Fsp3) is 0.750. The molecule has 1 amide bonds. The van der Waals surface area contributed by atoms with Crippen LogP contribution in [0.5, 0.6) is 0 Å². The lowest BCUT2D eigenvalue weighted by molar-refractivity contribution is -0.159. The van der Waals surface area contributed by atoms with Gasteiger partial charge in [-0.25, -0.2) is 4.79 Å². The summed E-state index contributed by atoms with van der Waals surface area (Å²) in [6.45, 7) is 5.53. The summed E-state index contributed by atoms with van der Waals surface area (Å²) >= 11 is 1.05. The van der Waals surface area contributed by atoms with E-state index in [0.717, 1.165) is 11.8 Å². The number of hydrogen-bond donors (Lipinski definition) is 1. The van der Waals surface area contributed by atoms with E-state index < -0.39 is 17.4 Å². The van der Waals surface area contributed by atoms with Gasteiger partial charge in [0, 0.05) is 5.75 Å². The lowest BCUT2D eigenvalue weighted by atomic mass is 9.91. The highest BCUT2D eigenvalue weighted by Crippen LogP contribution is 2.21. The first kappa shape index (κ1) is 15.8. The third-order valence-electron chi connectivity index (χ3n) is 2.95. The second kappa shape index (κ2) is 6.79. The molecule has 0 saturated carbocycles. The molecule has 7 heteroatoms. The summed E-state index contributed by atoms with van der Waals surface area (Å²) in [5, 5.41) is 2.25. The zero-order valence-electron chi connectivity index (χ0n) is 11.4. The van der Waals surface area contributed by atoms with E-state index in [4.69, 9.17) is 9.47 Å². The summed E-state index contributed by atoms with van der Waals surface area (Å²) in [4.78, 5) is 34.0. The van der Waals surface area contributed by atoms with Crippen molar-refractivity contribution < 1.29 is 23.9 Å². The maximum Gasteiger partial charge on any atom is 0.329 e. The van der Waals surface area contributed by atoms with Gasteiger partial charge in [-0.3, -0.25) is 9.59 Å². The van der Waals surface area contributed by atoms with Crippen LogP contribution in [0.1, 0.15) is 27.2 Å². The number of rotatable bonds is 6. The lowest BCUT2D eigenvalue weighted by Gasteiger charge is -2.20. The van der Waals surface area contributed by atoms with Crippen molar-refractivity contribution in [1.82, 2.24) is 5.32 Å². The van der Waals surface area contributed by atoms with Crippen LogP contribution in [0.2, 0.25) is 0 Å². The van der Waals surface area contributed by atoms with Crippen LogP contribution in [0.3, 0.4) is 0 Å².